The number of rotatable bonds is 5. The first-order chi connectivity index (χ1) is 14.4. The number of methoxy groups -OCH3 is 1. The zero-order valence-corrected chi connectivity index (χ0v) is 18.6. The summed E-state index contributed by atoms with van der Waals surface area (Å²) in [7, 11) is -2.08. The van der Waals surface area contributed by atoms with Gasteiger partial charge in [-0.3, -0.25) is 4.79 Å². The molecular weight excluding hydrogens is 446 g/mol. The van der Waals surface area contributed by atoms with Crippen molar-refractivity contribution in [1.82, 2.24) is 9.88 Å². The molecule has 0 atom stereocenters. The molecule has 0 spiro atoms. The number of hydrogen-bond acceptors (Lipinski definition) is 7. The second-order valence-electron chi connectivity index (χ2n) is 6.86. The molecule has 1 saturated heterocycles. The number of hydrogen-bond donors (Lipinski definition) is 0. The fourth-order valence-electron chi connectivity index (χ4n) is 3.38. The number of carbonyl (C=O) groups excluding carboxylic acids is 1. The first kappa shape index (κ1) is 20.9. The molecule has 2 heterocycles. The van der Waals surface area contributed by atoms with E-state index in [2.05, 4.69) is 9.88 Å². The van der Waals surface area contributed by atoms with Gasteiger partial charge in [-0.25, -0.2) is 13.4 Å². The predicted molar refractivity (Wildman–Crippen MR) is 118 cm³/mol. The van der Waals surface area contributed by atoms with Crippen LogP contribution in [0.3, 0.4) is 0 Å². The smallest absolute Gasteiger partial charge is 0.238 e. The topological polar surface area (TPSA) is 79.8 Å². The third-order valence-corrected chi connectivity index (χ3v) is 7.97. The van der Waals surface area contributed by atoms with Crippen molar-refractivity contribution in [2.24, 2.45) is 0 Å². The number of sulfone groups is 1. The Balaban J connectivity index is 1.43. The van der Waals surface area contributed by atoms with Crippen LogP contribution >= 0.6 is 22.9 Å². The number of piperazine rings is 1. The second kappa shape index (κ2) is 8.41. The zero-order chi connectivity index (χ0) is 21.3. The summed E-state index contributed by atoms with van der Waals surface area (Å²) in [6, 6.07) is 11.8. The van der Waals surface area contributed by atoms with E-state index in [4.69, 9.17) is 16.3 Å². The van der Waals surface area contributed by atoms with E-state index in [1.165, 1.54) is 23.5 Å². The van der Waals surface area contributed by atoms with Crippen LogP contribution < -0.4 is 9.64 Å². The Labute approximate surface area is 183 Å². The normalized spacial score (nSPS) is 14.9. The van der Waals surface area contributed by atoms with Crippen molar-refractivity contribution in [2.75, 3.05) is 43.9 Å². The molecule has 0 N–H and O–H groups in total. The maximum absolute atomic E-state index is 12.6. The molecule has 158 valence electrons. The number of carbonyl (C=O) groups is 1. The number of ether oxygens (including phenoxy) is 1. The van der Waals surface area contributed by atoms with Crippen molar-refractivity contribution >= 4 is 54.0 Å². The summed E-state index contributed by atoms with van der Waals surface area (Å²) in [5, 5.41) is 1.34. The van der Waals surface area contributed by atoms with Crippen molar-refractivity contribution in [3.8, 4) is 5.75 Å². The Bertz CT molecular complexity index is 1170. The van der Waals surface area contributed by atoms with Crippen LogP contribution in [0.5, 0.6) is 5.75 Å². The van der Waals surface area contributed by atoms with Gasteiger partial charge < -0.3 is 14.5 Å². The van der Waals surface area contributed by atoms with Gasteiger partial charge in [0.05, 0.1) is 21.7 Å². The summed E-state index contributed by atoms with van der Waals surface area (Å²) in [6.07, 6.45) is 0. The number of aromatic nitrogens is 1. The van der Waals surface area contributed by atoms with Crippen LogP contribution in [-0.2, 0) is 14.6 Å². The lowest BCUT2D eigenvalue weighted by molar-refractivity contribution is -0.128. The maximum atomic E-state index is 12.6. The van der Waals surface area contributed by atoms with Crippen LogP contribution in [0, 0.1) is 0 Å². The molecule has 0 aliphatic carbocycles. The van der Waals surface area contributed by atoms with Gasteiger partial charge in [0, 0.05) is 26.2 Å². The molecule has 3 aromatic rings. The summed E-state index contributed by atoms with van der Waals surface area (Å²) in [5.74, 6) is -0.346. The molecule has 0 radical (unpaired) electrons. The zero-order valence-electron chi connectivity index (χ0n) is 16.2. The van der Waals surface area contributed by atoms with Crippen LogP contribution in [-0.4, -0.2) is 63.3 Å². The standard InChI is InChI=1S/C20H20ClN3O4S2/c1-28-19-15(21)7-8-16-18(19)22-20(29-16)24-11-9-23(10-12-24)17(25)13-30(26,27)14-5-3-2-4-6-14/h2-8H,9-13H2,1H3. The summed E-state index contributed by atoms with van der Waals surface area (Å²) >= 11 is 7.72. The van der Waals surface area contributed by atoms with Gasteiger partial charge in [-0.05, 0) is 24.3 Å². The van der Waals surface area contributed by atoms with Gasteiger partial charge in [0.2, 0.25) is 5.91 Å². The van der Waals surface area contributed by atoms with E-state index in [1.54, 1.807) is 36.3 Å². The predicted octanol–water partition coefficient (Wildman–Crippen LogP) is 3.08. The number of anilines is 1. The number of benzene rings is 2. The van der Waals surface area contributed by atoms with Gasteiger partial charge in [-0.2, -0.15) is 0 Å². The first-order valence-electron chi connectivity index (χ1n) is 9.32. The molecule has 0 saturated carbocycles. The molecule has 0 bridgehead atoms. The maximum Gasteiger partial charge on any atom is 0.238 e. The van der Waals surface area contributed by atoms with E-state index in [1.807, 2.05) is 6.07 Å². The third-order valence-electron chi connectivity index (χ3n) is 4.98. The lowest BCUT2D eigenvalue weighted by atomic mass is 10.3. The summed E-state index contributed by atoms with van der Waals surface area (Å²) < 4.78 is 31.3. The number of thiazole rings is 1. The molecule has 7 nitrogen and oxygen atoms in total. The summed E-state index contributed by atoms with van der Waals surface area (Å²) in [4.78, 5) is 21.1. The van der Waals surface area contributed by atoms with Gasteiger partial charge in [-0.1, -0.05) is 41.1 Å². The average molecular weight is 466 g/mol. The summed E-state index contributed by atoms with van der Waals surface area (Å²) in [5.41, 5.74) is 0.720. The van der Waals surface area contributed by atoms with Crippen LogP contribution in [0.4, 0.5) is 5.13 Å². The van der Waals surface area contributed by atoms with Gasteiger partial charge >= 0.3 is 0 Å². The SMILES string of the molecule is COc1c(Cl)ccc2sc(N3CCN(C(=O)CS(=O)(=O)c4ccccc4)CC3)nc12. The third kappa shape index (κ3) is 4.10. The minimum Gasteiger partial charge on any atom is -0.493 e. The fraction of sp³-hybridized carbons (Fsp3) is 0.300. The molecule has 2 aromatic carbocycles. The largest absolute Gasteiger partial charge is 0.493 e. The summed E-state index contributed by atoms with van der Waals surface area (Å²) in [6.45, 7) is 2.04. The van der Waals surface area contributed by atoms with E-state index in [-0.39, 0.29) is 10.8 Å². The molecule has 1 aromatic heterocycles. The quantitative estimate of drug-likeness (QED) is 0.576. The van der Waals surface area contributed by atoms with Crippen molar-refractivity contribution < 1.29 is 17.9 Å². The molecule has 1 amide bonds. The van der Waals surface area contributed by atoms with Crippen molar-refractivity contribution in [2.45, 2.75) is 4.90 Å². The first-order valence-corrected chi connectivity index (χ1v) is 12.2. The van der Waals surface area contributed by atoms with Crippen molar-refractivity contribution in [3.05, 3.63) is 47.5 Å². The molecule has 30 heavy (non-hydrogen) atoms. The van der Waals surface area contributed by atoms with Crippen LogP contribution in [0.2, 0.25) is 5.02 Å². The highest BCUT2D eigenvalue weighted by atomic mass is 35.5. The van der Waals surface area contributed by atoms with Crippen LogP contribution in [0.1, 0.15) is 0 Å². The highest BCUT2D eigenvalue weighted by Crippen LogP contribution is 2.38. The van der Waals surface area contributed by atoms with E-state index in [0.29, 0.717) is 37.0 Å². The Morgan fingerprint density at radius 2 is 1.83 bits per heavy atom. The molecule has 1 aliphatic heterocycles. The average Bonchev–Trinajstić information content (AvgIpc) is 3.18. The van der Waals surface area contributed by atoms with E-state index >= 15 is 0 Å². The highest BCUT2D eigenvalue weighted by molar-refractivity contribution is 7.92. The lowest BCUT2D eigenvalue weighted by Crippen LogP contribution is -2.50. The van der Waals surface area contributed by atoms with Gasteiger partial charge in [0.15, 0.2) is 20.7 Å². The second-order valence-corrected chi connectivity index (χ2v) is 10.3. The van der Waals surface area contributed by atoms with Crippen LogP contribution in [0.25, 0.3) is 10.2 Å². The van der Waals surface area contributed by atoms with E-state index < -0.39 is 15.6 Å². The van der Waals surface area contributed by atoms with E-state index in [9.17, 15) is 13.2 Å². The minimum atomic E-state index is -3.65. The Morgan fingerprint density at radius 3 is 2.50 bits per heavy atom. The van der Waals surface area contributed by atoms with Gasteiger partial charge in [-0.15, -0.1) is 0 Å². The number of amides is 1. The molecule has 10 heteroatoms. The minimum absolute atomic E-state index is 0.166. The molecule has 1 fully saturated rings. The Hall–Kier alpha value is -2.36. The van der Waals surface area contributed by atoms with Gasteiger partial charge in [0.25, 0.3) is 0 Å². The van der Waals surface area contributed by atoms with Gasteiger partial charge in [0.1, 0.15) is 11.3 Å². The fourth-order valence-corrected chi connectivity index (χ4v) is 5.87. The molecular formula is C20H20ClN3O4S2. The molecule has 1 aliphatic rings. The number of nitrogens with zero attached hydrogens (tertiary/aromatic N) is 3. The van der Waals surface area contributed by atoms with Crippen molar-refractivity contribution in [3.63, 3.8) is 0 Å². The van der Waals surface area contributed by atoms with Crippen LogP contribution in [0.15, 0.2) is 47.4 Å². The number of fused-ring (bicyclic) bond motifs is 1. The number of halogens is 1. The van der Waals surface area contributed by atoms with Crippen molar-refractivity contribution in [1.29, 1.82) is 0 Å². The Kier molecular flexibility index (Phi) is 5.86. The molecule has 4 rings (SSSR count). The van der Waals surface area contributed by atoms with E-state index in [0.717, 1.165) is 15.3 Å². The lowest BCUT2D eigenvalue weighted by Gasteiger charge is -2.34. The highest BCUT2D eigenvalue weighted by Gasteiger charge is 2.27. The molecule has 0 unspecified atom stereocenters. The monoisotopic (exact) mass is 465 g/mol. The Morgan fingerprint density at radius 1 is 1.13 bits per heavy atom.